The van der Waals surface area contributed by atoms with Crippen LogP contribution in [0.5, 0.6) is 0 Å². The molecule has 0 aliphatic carbocycles. The van der Waals surface area contributed by atoms with Gasteiger partial charge in [0.15, 0.2) is 0 Å². The zero-order valence-corrected chi connectivity index (χ0v) is 12.0. The molecule has 116 valence electrons. The third kappa shape index (κ3) is 3.33. The highest BCUT2D eigenvalue weighted by Crippen LogP contribution is 2.19. The SMILES string of the molecule is O=C(NC[C@@H]1CCCN(c2ncccn2)C1)c1cc(=O)[nH]o1. The van der Waals surface area contributed by atoms with Crippen LogP contribution in [0.4, 0.5) is 5.95 Å². The first-order valence-electron chi connectivity index (χ1n) is 7.21. The van der Waals surface area contributed by atoms with Gasteiger partial charge in [-0.1, -0.05) is 0 Å². The number of hydrogen-bond acceptors (Lipinski definition) is 6. The predicted molar refractivity (Wildman–Crippen MR) is 78.6 cm³/mol. The summed E-state index contributed by atoms with van der Waals surface area (Å²) in [6.45, 7) is 2.24. The summed E-state index contributed by atoms with van der Waals surface area (Å²) in [6, 6.07) is 2.93. The van der Waals surface area contributed by atoms with Crippen LogP contribution in [0, 0.1) is 5.92 Å². The van der Waals surface area contributed by atoms with Gasteiger partial charge in [0.25, 0.3) is 11.5 Å². The predicted octanol–water partition coefficient (Wildman–Crippen LogP) is 0.404. The first-order chi connectivity index (χ1) is 10.7. The summed E-state index contributed by atoms with van der Waals surface area (Å²) >= 11 is 0. The van der Waals surface area contributed by atoms with E-state index in [1.54, 1.807) is 18.5 Å². The number of piperidine rings is 1. The highest BCUT2D eigenvalue weighted by Gasteiger charge is 2.22. The van der Waals surface area contributed by atoms with E-state index in [0.717, 1.165) is 37.9 Å². The van der Waals surface area contributed by atoms with Gasteiger partial charge < -0.3 is 14.7 Å². The Morgan fingerprint density at radius 1 is 1.45 bits per heavy atom. The number of amides is 1. The molecular formula is C14H17N5O3. The Balaban J connectivity index is 1.54. The molecule has 0 radical (unpaired) electrons. The molecule has 1 amide bonds. The van der Waals surface area contributed by atoms with E-state index < -0.39 is 5.56 Å². The Kier molecular flexibility index (Phi) is 4.17. The summed E-state index contributed by atoms with van der Waals surface area (Å²) in [4.78, 5) is 33.4. The molecule has 2 N–H and O–H groups in total. The fourth-order valence-corrected chi connectivity index (χ4v) is 2.59. The number of hydrogen-bond donors (Lipinski definition) is 2. The standard InChI is InChI=1S/C14H17N5O3/c20-12-7-11(22-18-12)13(21)17-8-10-3-1-6-19(9-10)14-15-4-2-5-16-14/h2,4-5,7,10H,1,3,6,8-9H2,(H,17,21)(H,18,20)/t10-/m0/s1. The summed E-state index contributed by atoms with van der Waals surface area (Å²) in [5.41, 5.74) is -0.421. The van der Waals surface area contributed by atoms with Crippen LogP contribution < -0.4 is 15.8 Å². The molecule has 0 spiro atoms. The Labute approximate surface area is 126 Å². The number of nitrogens with one attached hydrogen (secondary N) is 2. The van der Waals surface area contributed by atoms with Gasteiger partial charge in [-0.2, -0.15) is 5.16 Å². The Hall–Kier alpha value is -2.64. The average molecular weight is 303 g/mol. The van der Waals surface area contributed by atoms with Crippen LogP contribution in [0.3, 0.4) is 0 Å². The minimum Gasteiger partial charge on any atom is -0.373 e. The van der Waals surface area contributed by atoms with E-state index in [1.807, 2.05) is 0 Å². The van der Waals surface area contributed by atoms with E-state index in [9.17, 15) is 9.59 Å². The van der Waals surface area contributed by atoms with Crippen LogP contribution in [-0.4, -0.2) is 40.7 Å². The molecule has 1 fully saturated rings. The fraction of sp³-hybridized carbons (Fsp3) is 0.429. The van der Waals surface area contributed by atoms with Gasteiger partial charge in [-0.05, 0) is 24.8 Å². The van der Waals surface area contributed by atoms with Crippen molar-refractivity contribution in [2.75, 3.05) is 24.5 Å². The van der Waals surface area contributed by atoms with Crippen molar-refractivity contribution in [3.05, 3.63) is 40.6 Å². The van der Waals surface area contributed by atoms with Crippen LogP contribution in [0.2, 0.25) is 0 Å². The number of anilines is 1. The molecule has 2 aromatic heterocycles. The van der Waals surface area contributed by atoms with Gasteiger partial charge in [0.2, 0.25) is 11.7 Å². The summed E-state index contributed by atoms with van der Waals surface area (Å²) in [5.74, 6) is 0.651. The molecule has 0 aromatic carbocycles. The van der Waals surface area contributed by atoms with E-state index >= 15 is 0 Å². The van der Waals surface area contributed by atoms with Gasteiger partial charge in [0.05, 0.1) is 6.07 Å². The number of carbonyl (C=O) groups excluding carboxylic acids is 1. The maximum atomic E-state index is 11.9. The Morgan fingerprint density at radius 3 is 3.00 bits per heavy atom. The largest absolute Gasteiger partial charge is 0.373 e. The number of rotatable bonds is 4. The van der Waals surface area contributed by atoms with Gasteiger partial charge in [-0.25, -0.2) is 9.97 Å². The summed E-state index contributed by atoms with van der Waals surface area (Å²) in [6.07, 6.45) is 5.50. The van der Waals surface area contributed by atoms with Crippen molar-refractivity contribution < 1.29 is 9.32 Å². The molecule has 3 rings (SSSR count). The van der Waals surface area contributed by atoms with Crippen molar-refractivity contribution in [3.8, 4) is 0 Å². The smallest absolute Gasteiger partial charge is 0.289 e. The second-order valence-electron chi connectivity index (χ2n) is 5.29. The second kappa shape index (κ2) is 6.42. The average Bonchev–Trinajstić information content (AvgIpc) is 3.00. The topological polar surface area (TPSA) is 104 Å². The lowest BCUT2D eigenvalue weighted by atomic mass is 9.98. The highest BCUT2D eigenvalue weighted by molar-refractivity contribution is 5.91. The zero-order chi connectivity index (χ0) is 15.4. The molecule has 8 nitrogen and oxygen atoms in total. The lowest BCUT2D eigenvalue weighted by Gasteiger charge is -2.32. The fourth-order valence-electron chi connectivity index (χ4n) is 2.59. The van der Waals surface area contributed by atoms with Crippen LogP contribution in [0.15, 0.2) is 33.8 Å². The van der Waals surface area contributed by atoms with Crippen molar-refractivity contribution in [3.63, 3.8) is 0 Å². The molecule has 2 aromatic rings. The van der Waals surface area contributed by atoms with Gasteiger partial charge in [-0.15, -0.1) is 0 Å². The molecule has 1 aliphatic rings. The van der Waals surface area contributed by atoms with E-state index in [4.69, 9.17) is 4.52 Å². The summed E-state index contributed by atoms with van der Waals surface area (Å²) in [5, 5.41) is 4.89. The van der Waals surface area contributed by atoms with E-state index in [1.165, 1.54) is 0 Å². The van der Waals surface area contributed by atoms with Crippen molar-refractivity contribution >= 4 is 11.9 Å². The molecular weight excluding hydrogens is 286 g/mol. The van der Waals surface area contributed by atoms with Crippen molar-refractivity contribution in [2.45, 2.75) is 12.8 Å². The van der Waals surface area contributed by atoms with Crippen LogP contribution in [-0.2, 0) is 0 Å². The van der Waals surface area contributed by atoms with Gasteiger partial charge in [0.1, 0.15) is 0 Å². The molecule has 22 heavy (non-hydrogen) atoms. The molecule has 1 saturated heterocycles. The van der Waals surface area contributed by atoms with Gasteiger partial charge in [0, 0.05) is 32.0 Å². The minimum atomic E-state index is -0.421. The molecule has 1 aliphatic heterocycles. The molecule has 3 heterocycles. The van der Waals surface area contributed by atoms with Crippen molar-refractivity contribution in [2.24, 2.45) is 5.92 Å². The third-order valence-corrected chi connectivity index (χ3v) is 3.65. The third-order valence-electron chi connectivity index (χ3n) is 3.65. The van der Waals surface area contributed by atoms with Crippen LogP contribution in [0.25, 0.3) is 0 Å². The van der Waals surface area contributed by atoms with Gasteiger partial charge >= 0.3 is 0 Å². The van der Waals surface area contributed by atoms with Crippen molar-refractivity contribution in [1.29, 1.82) is 0 Å². The molecule has 8 heteroatoms. The van der Waals surface area contributed by atoms with Crippen molar-refractivity contribution in [1.82, 2.24) is 20.4 Å². The molecule has 0 bridgehead atoms. The molecule has 0 unspecified atom stereocenters. The van der Waals surface area contributed by atoms with Gasteiger partial charge in [-0.3, -0.25) is 9.59 Å². The van der Waals surface area contributed by atoms with Crippen LogP contribution in [0.1, 0.15) is 23.4 Å². The zero-order valence-electron chi connectivity index (χ0n) is 12.0. The minimum absolute atomic E-state index is 0.00376. The lowest BCUT2D eigenvalue weighted by molar-refractivity contribution is 0.0908. The summed E-state index contributed by atoms with van der Waals surface area (Å²) in [7, 11) is 0. The Bertz CT molecular complexity index is 681. The maximum Gasteiger partial charge on any atom is 0.289 e. The first-order valence-corrected chi connectivity index (χ1v) is 7.21. The normalized spacial score (nSPS) is 18.2. The van der Waals surface area contributed by atoms with E-state index in [0.29, 0.717) is 12.5 Å². The summed E-state index contributed by atoms with van der Waals surface area (Å²) < 4.78 is 4.78. The number of carbonyl (C=O) groups is 1. The number of aromatic nitrogens is 3. The highest BCUT2D eigenvalue weighted by atomic mass is 16.5. The number of nitrogens with zero attached hydrogens (tertiary/aromatic N) is 3. The monoisotopic (exact) mass is 303 g/mol. The molecule has 1 atom stereocenters. The number of aromatic amines is 1. The molecule has 0 saturated carbocycles. The maximum absolute atomic E-state index is 11.9. The van der Waals surface area contributed by atoms with E-state index in [2.05, 4.69) is 25.3 Å². The number of H-pyrrole nitrogens is 1. The second-order valence-corrected chi connectivity index (χ2v) is 5.29. The Morgan fingerprint density at radius 2 is 2.27 bits per heavy atom. The quantitative estimate of drug-likeness (QED) is 0.847. The van der Waals surface area contributed by atoms with Crippen LogP contribution >= 0.6 is 0 Å². The first kappa shape index (κ1) is 14.3. The van der Waals surface area contributed by atoms with E-state index in [-0.39, 0.29) is 11.7 Å². The lowest BCUT2D eigenvalue weighted by Crippen LogP contribution is -2.41.